The third kappa shape index (κ3) is 3.87. The fourth-order valence-electron chi connectivity index (χ4n) is 5.98. The Morgan fingerprint density at radius 1 is 1.32 bits per heavy atom. The summed E-state index contributed by atoms with van der Waals surface area (Å²) in [5.74, 6) is 0.159. The van der Waals surface area contributed by atoms with Crippen molar-refractivity contribution in [2.45, 2.75) is 44.2 Å². The van der Waals surface area contributed by atoms with Crippen LogP contribution in [0, 0.1) is 29.1 Å². The van der Waals surface area contributed by atoms with Gasteiger partial charge in [-0.05, 0) is 55.7 Å². The van der Waals surface area contributed by atoms with Crippen LogP contribution in [-0.4, -0.2) is 59.9 Å². The molecule has 0 spiro atoms. The first-order valence-electron chi connectivity index (χ1n) is 11.9. The van der Waals surface area contributed by atoms with E-state index in [1.165, 1.54) is 0 Å². The second-order valence-corrected chi connectivity index (χ2v) is 9.56. The molecule has 3 N–H and O–H groups in total. The van der Waals surface area contributed by atoms with Crippen LogP contribution in [0.5, 0.6) is 5.75 Å². The lowest BCUT2D eigenvalue weighted by atomic mass is 9.92. The number of amides is 3. The van der Waals surface area contributed by atoms with Gasteiger partial charge in [0, 0.05) is 29.9 Å². The number of fused-ring (bicyclic) bond motifs is 2. The maximum absolute atomic E-state index is 13.6. The summed E-state index contributed by atoms with van der Waals surface area (Å²) in [5.41, 5.74) is 1.21. The Hall–Kier alpha value is -3.54. The third-order valence-corrected chi connectivity index (χ3v) is 7.65. The van der Waals surface area contributed by atoms with Crippen molar-refractivity contribution in [3.8, 4) is 11.8 Å². The predicted molar refractivity (Wildman–Crippen MR) is 124 cm³/mol. The Kier molecular flexibility index (Phi) is 5.90. The van der Waals surface area contributed by atoms with Gasteiger partial charge in [0.05, 0.1) is 13.2 Å². The Labute approximate surface area is 197 Å². The van der Waals surface area contributed by atoms with Gasteiger partial charge in [0.25, 0.3) is 5.91 Å². The van der Waals surface area contributed by atoms with Gasteiger partial charge in [-0.1, -0.05) is 12.5 Å². The predicted octanol–water partition coefficient (Wildman–Crippen LogP) is 1.95. The summed E-state index contributed by atoms with van der Waals surface area (Å²) >= 11 is 0. The van der Waals surface area contributed by atoms with Gasteiger partial charge in [-0.25, -0.2) is 0 Å². The van der Waals surface area contributed by atoms with Crippen molar-refractivity contribution in [2.24, 2.45) is 17.8 Å². The smallest absolute Gasteiger partial charge is 0.271 e. The molecule has 0 radical (unpaired) electrons. The minimum absolute atomic E-state index is 0.0720. The van der Waals surface area contributed by atoms with Crippen LogP contribution in [-0.2, 0) is 9.59 Å². The molecule has 2 aliphatic heterocycles. The maximum atomic E-state index is 13.6. The topological polar surface area (TPSA) is 127 Å². The van der Waals surface area contributed by atoms with Crippen LogP contribution in [0.4, 0.5) is 0 Å². The van der Waals surface area contributed by atoms with Gasteiger partial charge in [-0.3, -0.25) is 14.4 Å². The Balaban J connectivity index is 1.37. The fourth-order valence-corrected chi connectivity index (χ4v) is 5.98. The number of hydrogen-bond donors (Lipinski definition) is 3. The van der Waals surface area contributed by atoms with E-state index < -0.39 is 12.1 Å². The summed E-state index contributed by atoms with van der Waals surface area (Å²) in [5, 5.41) is 16.1. The number of carbonyl (C=O) groups is 3. The van der Waals surface area contributed by atoms with E-state index in [0.717, 1.165) is 30.2 Å². The van der Waals surface area contributed by atoms with Gasteiger partial charge in [0.15, 0.2) is 0 Å². The Bertz CT molecular complexity index is 1170. The number of hydrogen-bond acceptors (Lipinski definition) is 5. The third-order valence-electron chi connectivity index (χ3n) is 7.65. The molecule has 2 saturated heterocycles. The lowest BCUT2D eigenvalue weighted by Gasteiger charge is -2.28. The quantitative estimate of drug-likeness (QED) is 0.603. The number of ether oxygens (including phenoxy) is 1. The van der Waals surface area contributed by atoms with E-state index in [9.17, 15) is 19.6 Å². The molecule has 3 fully saturated rings. The van der Waals surface area contributed by atoms with E-state index in [0.29, 0.717) is 31.0 Å². The first kappa shape index (κ1) is 22.3. The summed E-state index contributed by atoms with van der Waals surface area (Å²) in [4.78, 5) is 43.8. The van der Waals surface area contributed by atoms with Gasteiger partial charge in [-0.15, -0.1) is 0 Å². The molecule has 9 nitrogen and oxygen atoms in total. The molecule has 3 heterocycles. The number of likely N-dealkylation sites (tertiary alicyclic amines) is 1. The molecule has 9 heteroatoms. The van der Waals surface area contributed by atoms with Gasteiger partial charge >= 0.3 is 0 Å². The molecule has 1 aromatic heterocycles. The van der Waals surface area contributed by atoms with Crippen molar-refractivity contribution in [3.63, 3.8) is 0 Å². The highest BCUT2D eigenvalue weighted by Gasteiger charge is 2.50. The first-order chi connectivity index (χ1) is 16.5. The van der Waals surface area contributed by atoms with Crippen molar-refractivity contribution in [2.75, 3.05) is 20.2 Å². The van der Waals surface area contributed by atoms with Crippen LogP contribution in [0.2, 0.25) is 0 Å². The van der Waals surface area contributed by atoms with E-state index >= 15 is 0 Å². The van der Waals surface area contributed by atoms with Gasteiger partial charge < -0.3 is 25.3 Å². The zero-order valence-corrected chi connectivity index (χ0v) is 19.2. The molecule has 3 amide bonds. The van der Waals surface area contributed by atoms with Crippen LogP contribution < -0.4 is 15.4 Å². The van der Waals surface area contributed by atoms with Crippen LogP contribution in [0.15, 0.2) is 24.3 Å². The van der Waals surface area contributed by atoms with Crippen molar-refractivity contribution in [1.82, 2.24) is 20.5 Å². The summed E-state index contributed by atoms with van der Waals surface area (Å²) in [7, 11) is 1.59. The highest BCUT2D eigenvalue weighted by Crippen LogP contribution is 2.43. The second kappa shape index (κ2) is 9.01. The molecule has 1 aliphatic carbocycles. The lowest BCUT2D eigenvalue weighted by Crippen LogP contribution is -2.51. The van der Waals surface area contributed by atoms with Crippen LogP contribution in [0.3, 0.4) is 0 Å². The minimum Gasteiger partial charge on any atom is -0.496 e. The highest BCUT2D eigenvalue weighted by molar-refractivity contribution is 6.02. The van der Waals surface area contributed by atoms with Crippen molar-refractivity contribution >= 4 is 28.6 Å². The lowest BCUT2D eigenvalue weighted by molar-refractivity contribution is -0.127. The van der Waals surface area contributed by atoms with Gasteiger partial charge in [0.2, 0.25) is 11.8 Å². The summed E-state index contributed by atoms with van der Waals surface area (Å²) in [6, 6.07) is 8.10. The van der Waals surface area contributed by atoms with Crippen LogP contribution >= 0.6 is 0 Å². The van der Waals surface area contributed by atoms with Gasteiger partial charge in [-0.2, -0.15) is 5.26 Å². The molecule has 5 rings (SSSR count). The zero-order chi connectivity index (χ0) is 23.8. The number of methoxy groups -OCH3 is 1. The molecule has 1 saturated carbocycles. The number of H-pyrrole nitrogens is 1. The number of rotatable bonds is 6. The average molecular weight is 464 g/mol. The fraction of sp³-hybridized carbons (Fsp3) is 0.520. The van der Waals surface area contributed by atoms with E-state index in [-0.39, 0.29) is 41.9 Å². The number of carbonyl (C=O) groups excluding carboxylic acids is 3. The second-order valence-electron chi connectivity index (χ2n) is 9.56. The SMILES string of the molecule is COc1cccc2[nH]c(C(=O)N3CC4CCCC4C3C(=O)N[C@H](C#N)C[C@@H]3CCNC3=O)cc12. The normalized spacial score (nSPS) is 26.7. The number of aromatic amines is 1. The first-order valence-corrected chi connectivity index (χ1v) is 11.9. The summed E-state index contributed by atoms with van der Waals surface area (Å²) in [6.07, 6.45) is 3.85. The highest BCUT2D eigenvalue weighted by atomic mass is 16.5. The van der Waals surface area contributed by atoms with Crippen LogP contribution in [0.1, 0.15) is 42.6 Å². The Morgan fingerprint density at radius 2 is 2.18 bits per heavy atom. The number of nitrogens with one attached hydrogen (secondary N) is 3. The molecule has 3 unspecified atom stereocenters. The maximum Gasteiger partial charge on any atom is 0.271 e. The van der Waals surface area contributed by atoms with E-state index in [1.54, 1.807) is 18.1 Å². The largest absolute Gasteiger partial charge is 0.496 e. The van der Waals surface area contributed by atoms with E-state index in [1.807, 2.05) is 18.2 Å². The number of nitrogens with zero attached hydrogens (tertiary/aromatic N) is 2. The number of benzene rings is 1. The molecule has 0 bridgehead atoms. The monoisotopic (exact) mass is 463 g/mol. The summed E-state index contributed by atoms with van der Waals surface area (Å²) in [6.45, 7) is 1.12. The molecule has 34 heavy (non-hydrogen) atoms. The zero-order valence-electron chi connectivity index (χ0n) is 19.2. The molecule has 1 aromatic carbocycles. The molecule has 3 aliphatic rings. The Morgan fingerprint density at radius 3 is 2.91 bits per heavy atom. The average Bonchev–Trinajstić information content (AvgIpc) is 3.61. The van der Waals surface area contributed by atoms with Crippen molar-refractivity contribution < 1.29 is 19.1 Å². The van der Waals surface area contributed by atoms with E-state index in [4.69, 9.17) is 4.74 Å². The number of aromatic nitrogens is 1. The van der Waals surface area contributed by atoms with Crippen molar-refractivity contribution in [1.29, 1.82) is 5.26 Å². The van der Waals surface area contributed by atoms with Crippen molar-refractivity contribution in [3.05, 3.63) is 30.0 Å². The molecular formula is C25H29N5O4. The van der Waals surface area contributed by atoms with Gasteiger partial charge in [0.1, 0.15) is 23.5 Å². The number of nitriles is 1. The molecular weight excluding hydrogens is 434 g/mol. The van der Waals surface area contributed by atoms with Crippen LogP contribution in [0.25, 0.3) is 10.9 Å². The standard InChI is InChI=1S/C25H29N5O4/c1-34-21-7-3-6-19-18(21)11-20(29-19)25(33)30-13-15-4-2-5-17(15)22(30)24(32)28-16(12-26)10-14-8-9-27-23(14)31/h3,6-7,11,14-17,22,29H,2,4-5,8-10,13H2,1H3,(H,27,31)(H,28,32)/t14-,15?,16-,17?,22?/m0/s1. The molecule has 5 atom stereocenters. The molecule has 2 aromatic rings. The summed E-state index contributed by atoms with van der Waals surface area (Å²) < 4.78 is 5.42. The van der Waals surface area contributed by atoms with E-state index in [2.05, 4.69) is 21.7 Å². The molecule has 178 valence electrons. The minimum atomic E-state index is -0.768.